The Kier molecular flexibility index (Phi) is 5.05. The molecule has 6 nitrogen and oxygen atoms in total. The number of rotatable bonds is 3. The van der Waals surface area contributed by atoms with Crippen molar-refractivity contribution in [2.75, 3.05) is 29.2 Å². The molecule has 116 valence electrons. The van der Waals surface area contributed by atoms with E-state index in [9.17, 15) is 8.42 Å². The van der Waals surface area contributed by atoms with Crippen LogP contribution in [0.4, 0.5) is 5.69 Å². The van der Waals surface area contributed by atoms with Gasteiger partial charge in [-0.3, -0.25) is 0 Å². The largest absolute Gasteiger partial charge is 0.409 e. The number of anilines is 1. The van der Waals surface area contributed by atoms with Crippen LogP contribution >= 0.6 is 27.7 Å². The van der Waals surface area contributed by atoms with Gasteiger partial charge in [-0.15, -0.1) is 0 Å². The van der Waals surface area contributed by atoms with Crippen LogP contribution in [0.15, 0.2) is 27.8 Å². The number of sulfone groups is 1. The predicted molar refractivity (Wildman–Crippen MR) is 90.0 cm³/mol. The van der Waals surface area contributed by atoms with Gasteiger partial charge in [-0.1, -0.05) is 5.16 Å². The molecule has 9 heteroatoms. The molecular weight excluding hydrogens is 378 g/mol. The minimum absolute atomic E-state index is 0.00212. The summed E-state index contributed by atoms with van der Waals surface area (Å²) in [7, 11) is -3.17. The SMILES string of the molecule is CS(=O)(=O)C1CSCCN1c1ccc(/C(N)=N/O)c(Br)c1. The summed E-state index contributed by atoms with van der Waals surface area (Å²) in [6.07, 6.45) is 1.26. The molecule has 1 atom stereocenters. The third-order valence-corrected chi connectivity index (χ3v) is 6.55. The van der Waals surface area contributed by atoms with E-state index in [1.165, 1.54) is 6.26 Å². The number of oxime groups is 1. The maximum atomic E-state index is 11.9. The molecule has 1 saturated heterocycles. The van der Waals surface area contributed by atoms with E-state index in [2.05, 4.69) is 21.1 Å². The lowest BCUT2D eigenvalue weighted by Crippen LogP contribution is -2.47. The molecule has 1 aromatic carbocycles. The normalized spacial score (nSPS) is 20.6. The summed E-state index contributed by atoms with van der Waals surface area (Å²) in [5.74, 6) is 1.44. The molecule has 1 heterocycles. The average Bonchev–Trinajstić information content (AvgIpc) is 2.45. The van der Waals surface area contributed by atoms with Gasteiger partial charge in [-0.25, -0.2) is 8.42 Å². The molecule has 0 saturated carbocycles. The second-order valence-corrected chi connectivity index (χ2v) is 8.91. The van der Waals surface area contributed by atoms with Gasteiger partial charge in [0.15, 0.2) is 15.7 Å². The predicted octanol–water partition coefficient (Wildman–Crippen LogP) is 1.47. The molecule has 21 heavy (non-hydrogen) atoms. The zero-order valence-electron chi connectivity index (χ0n) is 11.4. The maximum absolute atomic E-state index is 11.9. The number of benzene rings is 1. The zero-order valence-corrected chi connectivity index (χ0v) is 14.6. The van der Waals surface area contributed by atoms with Crippen molar-refractivity contribution < 1.29 is 13.6 Å². The number of nitrogens with two attached hydrogens (primary N) is 1. The number of hydrogen-bond acceptors (Lipinski definition) is 6. The molecule has 0 amide bonds. The van der Waals surface area contributed by atoms with Gasteiger partial charge in [0.1, 0.15) is 5.37 Å². The van der Waals surface area contributed by atoms with Gasteiger partial charge in [0.25, 0.3) is 0 Å². The van der Waals surface area contributed by atoms with Gasteiger partial charge in [0, 0.05) is 40.0 Å². The van der Waals surface area contributed by atoms with E-state index in [1.807, 2.05) is 4.90 Å². The first-order valence-electron chi connectivity index (χ1n) is 6.15. The Balaban J connectivity index is 2.38. The summed E-state index contributed by atoms with van der Waals surface area (Å²) < 4.78 is 24.5. The molecule has 1 aliphatic rings. The first kappa shape index (κ1) is 16.4. The van der Waals surface area contributed by atoms with Gasteiger partial charge in [-0.05, 0) is 34.1 Å². The van der Waals surface area contributed by atoms with Gasteiger partial charge in [0.2, 0.25) is 0 Å². The van der Waals surface area contributed by atoms with Crippen molar-refractivity contribution in [2.24, 2.45) is 10.9 Å². The molecule has 0 bridgehead atoms. The molecule has 1 aromatic rings. The van der Waals surface area contributed by atoms with E-state index in [-0.39, 0.29) is 5.84 Å². The van der Waals surface area contributed by atoms with Crippen molar-refractivity contribution >= 4 is 49.1 Å². The Morgan fingerprint density at radius 3 is 2.86 bits per heavy atom. The molecule has 0 aromatic heterocycles. The van der Waals surface area contributed by atoms with Gasteiger partial charge >= 0.3 is 0 Å². The number of nitrogens with zero attached hydrogens (tertiary/aromatic N) is 2. The quantitative estimate of drug-likeness (QED) is 0.349. The van der Waals surface area contributed by atoms with Crippen LogP contribution in [-0.4, -0.2) is 49.1 Å². The molecule has 1 aliphatic heterocycles. The van der Waals surface area contributed by atoms with E-state index in [4.69, 9.17) is 10.9 Å². The fourth-order valence-corrected chi connectivity index (χ4v) is 5.59. The van der Waals surface area contributed by atoms with Crippen LogP contribution in [0.2, 0.25) is 0 Å². The topological polar surface area (TPSA) is 96.0 Å². The number of hydrogen-bond donors (Lipinski definition) is 2. The van der Waals surface area contributed by atoms with Gasteiger partial charge in [0.05, 0.1) is 0 Å². The van der Waals surface area contributed by atoms with Crippen molar-refractivity contribution in [3.8, 4) is 0 Å². The van der Waals surface area contributed by atoms with Crippen LogP contribution in [-0.2, 0) is 9.84 Å². The highest BCUT2D eigenvalue weighted by molar-refractivity contribution is 9.10. The lowest BCUT2D eigenvalue weighted by Gasteiger charge is -2.36. The third-order valence-electron chi connectivity index (χ3n) is 3.25. The van der Waals surface area contributed by atoms with Crippen LogP contribution in [0, 0.1) is 0 Å². The van der Waals surface area contributed by atoms with Gasteiger partial charge in [-0.2, -0.15) is 11.8 Å². The molecular formula is C12H16BrN3O3S2. The highest BCUT2D eigenvalue weighted by atomic mass is 79.9. The molecule has 0 spiro atoms. The second kappa shape index (κ2) is 6.45. The number of halogens is 1. The van der Waals surface area contributed by atoms with Crippen molar-refractivity contribution in [3.05, 3.63) is 28.2 Å². The minimum atomic E-state index is -3.17. The highest BCUT2D eigenvalue weighted by Crippen LogP contribution is 2.30. The first-order valence-corrected chi connectivity index (χ1v) is 10.1. The van der Waals surface area contributed by atoms with Crippen LogP contribution in [0.25, 0.3) is 0 Å². The summed E-state index contributed by atoms with van der Waals surface area (Å²) in [5.41, 5.74) is 6.93. The van der Waals surface area contributed by atoms with Crippen molar-refractivity contribution in [2.45, 2.75) is 5.37 Å². The fourth-order valence-electron chi connectivity index (χ4n) is 2.18. The summed E-state index contributed by atoms with van der Waals surface area (Å²) in [6.45, 7) is 0.664. The van der Waals surface area contributed by atoms with Crippen LogP contribution in [0.3, 0.4) is 0 Å². The van der Waals surface area contributed by atoms with Crippen LogP contribution in [0.5, 0.6) is 0 Å². The van der Waals surface area contributed by atoms with E-state index in [0.29, 0.717) is 22.3 Å². The Morgan fingerprint density at radius 1 is 1.57 bits per heavy atom. The zero-order chi connectivity index (χ0) is 15.6. The Hall–Kier alpha value is -0.930. The molecule has 1 fully saturated rings. The van der Waals surface area contributed by atoms with E-state index >= 15 is 0 Å². The molecule has 3 N–H and O–H groups in total. The highest BCUT2D eigenvalue weighted by Gasteiger charge is 2.31. The first-order chi connectivity index (χ1) is 9.84. The molecule has 0 radical (unpaired) electrons. The fraction of sp³-hybridized carbons (Fsp3) is 0.417. The Morgan fingerprint density at radius 2 is 2.29 bits per heavy atom. The maximum Gasteiger partial charge on any atom is 0.171 e. The molecule has 0 aliphatic carbocycles. The lowest BCUT2D eigenvalue weighted by molar-refractivity contribution is 0.318. The van der Waals surface area contributed by atoms with Crippen molar-refractivity contribution in [1.29, 1.82) is 0 Å². The van der Waals surface area contributed by atoms with Crippen LogP contribution < -0.4 is 10.6 Å². The van der Waals surface area contributed by atoms with Crippen molar-refractivity contribution in [1.82, 2.24) is 0 Å². The number of thioether (sulfide) groups is 1. The monoisotopic (exact) mass is 393 g/mol. The van der Waals surface area contributed by atoms with E-state index in [0.717, 1.165) is 11.4 Å². The smallest absolute Gasteiger partial charge is 0.171 e. The standard InChI is InChI=1S/C12H16BrN3O3S2/c1-21(18,19)11-7-20-5-4-16(11)8-2-3-9(10(13)6-8)12(14)15-17/h2-3,6,11,17H,4-5,7H2,1H3,(H2,14,15). The minimum Gasteiger partial charge on any atom is -0.409 e. The van der Waals surface area contributed by atoms with Crippen molar-refractivity contribution in [3.63, 3.8) is 0 Å². The van der Waals surface area contributed by atoms with Crippen LogP contribution in [0.1, 0.15) is 5.56 Å². The van der Waals surface area contributed by atoms with Gasteiger partial charge < -0.3 is 15.8 Å². The molecule has 2 rings (SSSR count). The Labute approximate surface area is 136 Å². The summed E-state index contributed by atoms with van der Waals surface area (Å²) >= 11 is 5.01. The Bertz CT molecular complexity index is 664. The van der Waals surface area contributed by atoms with E-state index in [1.54, 1.807) is 30.0 Å². The summed E-state index contributed by atoms with van der Waals surface area (Å²) in [4.78, 5) is 1.88. The van der Waals surface area contributed by atoms with E-state index < -0.39 is 15.2 Å². The number of amidine groups is 1. The summed E-state index contributed by atoms with van der Waals surface area (Å²) in [6, 6.07) is 5.28. The lowest BCUT2D eigenvalue weighted by atomic mass is 10.2. The average molecular weight is 394 g/mol. The third kappa shape index (κ3) is 3.64. The second-order valence-electron chi connectivity index (χ2n) is 4.70. The summed E-state index contributed by atoms with van der Waals surface area (Å²) in [5, 5.41) is 11.2. The molecule has 1 unspecified atom stereocenters.